The van der Waals surface area contributed by atoms with Crippen LogP contribution >= 0.6 is 11.6 Å². The molecule has 0 aromatic carbocycles. The number of ether oxygens (including phenoxy) is 1. The third-order valence-electron chi connectivity index (χ3n) is 1.26. The van der Waals surface area contributed by atoms with Gasteiger partial charge in [0.05, 0.1) is 12.9 Å². The van der Waals surface area contributed by atoms with Crippen LogP contribution in [0, 0.1) is 0 Å². The highest BCUT2D eigenvalue weighted by molar-refractivity contribution is 6.35. The molecule has 5 heteroatoms. The normalized spacial score (nSPS) is 17.5. The number of hydrogen-bond donors (Lipinski definition) is 0. The molecule has 0 fully saturated rings. The van der Waals surface area contributed by atoms with Crippen molar-refractivity contribution in [3.8, 4) is 0 Å². The van der Waals surface area contributed by atoms with E-state index in [1.165, 1.54) is 0 Å². The van der Waals surface area contributed by atoms with E-state index in [1.54, 1.807) is 0 Å². The highest BCUT2D eigenvalue weighted by Gasteiger charge is 2.38. The Morgan fingerprint density at radius 2 is 2.36 bits per heavy atom. The summed E-state index contributed by atoms with van der Waals surface area (Å²) in [6.07, 6.45) is 1.24. The van der Waals surface area contributed by atoms with Crippen molar-refractivity contribution in [2.45, 2.75) is 11.8 Å². The molecule has 0 amide bonds. The van der Waals surface area contributed by atoms with Crippen LogP contribution in [0.5, 0.6) is 0 Å². The van der Waals surface area contributed by atoms with Gasteiger partial charge in [-0.2, -0.15) is 8.78 Å². The lowest BCUT2D eigenvalue weighted by Crippen LogP contribution is -2.22. The van der Waals surface area contributed by atoms with E-state index in [0.717, 1.165) is 6.26 Å². The molecule has 0 saturated heterocycles. The lowest BCUT2D eigenvalue weighted by atomic mass is 10.1. The second-order valence-electron chi connectivity index (χ2n) is 2.09. The summed E-state index contributed by atoms with van der Waals surface area (Å²) in [5.41, 5.74) is -0.0509. The predicted octanol–water partition coefficient (Wildman–Crippen LogP) is 1.69. The quantitative estimate of drug-likeness (QED) is 0.608. The molecule has 0 aromatic rings. The Hall–Kier alpha value is -0.640. The standard InChI is InChI=1S/C6H5ClF2O2/c7-6(8,9)5(10)4-1-2-11-3-4/h3H,1-2H2. The van der Waals surface area contributed by atoms with Crippen LogP contribution in [-0.2, 0) is 9.53 Å². The fraction of sp³-hybridized carbons (Fsp3) is 0.500. The molecule has 2 nitrogen and oxygen atoms in total. The first-order chi connectivity index (χ1) is 5.02. The Kier molecular flexibility index (Phi) is 2.13. The lowest BCUT2D eigenvalue weighted by molar-refractivity contribution is -0.129. The summed E-state index contributed by atoms with van der Waals surface area (Å²) in [7, 11) is 0. The number of alkyl halides is 3. The molecule has 1 rings (SSSR count). The van der Waals surface area contributed by atoms with E-state index in [4.69, 9.17) is 0 Å². The first-order valence-corrected chi connectivity index (χ1v) is 3.32. The zero-order valence-electron chi connectivity index (χ0n) is 5.44. The van der Waals surface area contributed by atoms with Crippen molar-refractivity contribution in [3.63, 3.8) is 0 Å². The number of Topliss-reactive ketones (excluding diaryl/α,β-unsaturated/α-hetero) is 1. The molecular formula is C6H5ClF2O2. The summed E-state index contributed by atoms with van der Waals surface area (Å²) in [4.78, 5) is 10.6. The summed E-state index contributed by atoms with van der Waals surface area (Å²) >= 11 is 4.48. The minimum Gasteiger partial charge on any atom is -0.500 e. The van der Waals surface area contributed by atoms with Gasteiger partial charge >= 0.3 is 5.38 Å². The maximum absolute atomic E-state index is 12.1. The van der Waals surface area contributed by atoms with Crippen molar-refractivity contribution in [2.75, 3.05) is 6.61 Å². The fourth-order valence-corrected chi connectivity index (χ4v) is 0.858. The number of hydrogen-bond acceptors (Lipinski definition) is 2. The number of carbonyl (C=O) groups excluding carboxylic acids is 1. The molecule has 0 radical (unpaired) electrons. The second kappa shape index (κ2) is 2.77. The van der Waals surface area contributed by atoms with E-state index in [2.05, 4.69) is 16.3 Å². The van der Waals surface area contributed by atoms with E-state index in [-0.39, 0.29) is 18.6 Å². The van der Waals surface area contributed by atoms with Gasteiger partial charge in [-0.1, -0.05) is 0 Å². The lowest BCUT2D eigenvalue weighted by Gasteiger charge is -2.04. The minimum atomic E-state index is -3.79. The molecule has 0 N–H and O–H groups in total. The van der Waals surface area contributed by atoms with Gasteiger partial charge in [-0.05, 0) is 11.6 Å². The largest absolute Gasteiger partial charge is 0.500 e. The SMILES string of the molecule is O=C(C1=COCC1)C(F)(F)Cl. The molecule has 1 aliphatic rings. The van der Waals surface area contributed by atoms with Gasteiger partial charge in [0.25, 0.3) is 0 Å². The van der Waals surface area contributed by atoms with E-state index in [0.29, 0.717) is 0 Å². The minimum absolute atomic E-state index is 0.0509. The molecule has 0 saturated carbocycles. The van der Waals surface area contributed by atoms with Crippen LogP contribution in [0.2, 0.25) is 0 Å². The summed E-state index contributed by atoms with van der Waals surface area (Å²) in [5.74, 6) is -1.36. The van der Waals surface area contributed by atoms with Crippen molar-refractivity contribution in [2.24, 2.45) is 0 Å². The third kappa shape index (κ3) is 1.89. The molecule has 1 heterocycles. The monoisotopic (exact) mass is 182 g/mol. The van der Waals surface area contributed by atoms with Crippen LogP contribution in [-0.4, -0.2) is 17.8 Å². The Morgan fingerprint density at radius 1 is 1.73 bits per heavy atom. The Morgan fingerprint density at radius 3 is 2.73 bits per heavy atom. The number of halogens is 3. The number of ketones is 1. The zero-order valence-corrected chi connectivity index (χ0v) is 6.20. The van der Waals surface area contributed by atoms with Gasteiger partial charge in [-0.3, -0.25) is 4.79 Å². The Balaban J connectivity index is 2.68. The topological polar surface area (TPSA) is 26.3 Å². The Bertz CT molecular complexity index is 207. The first-order valence-electron chi connectivity index (χ1n) is 2.94. The van der Waals surface area contributed by atoms with Gasteiger partial charge in [0.15, 0.2) is 0 Å². The van der Waals surface area contributed by atoms with Crippen molar-refractivity contribution in [1.29, 1.82) is 0 Å². The summed E-state index contributed by atoms with van der Waals surface area (Å²) in [6.45, 7) is 0.272. The van der Waals surface area contributed by atoms with Crippen LogP contribution in [0.3, 0.4) is 0 Å². The number of carbonyl (C=O) groups is 1. The highest BCUT2D eigenvalue weighted by Crippen LogP contribution is 2.26. The van der Waals surface area contributed by atoms with Crippen LogP contribution in [0.4, 0.5) is 8.78 Å². The average Bonchev–Trinajstić information content (AvgIpc) is 2.34. The molecule has 62 valence electrons. The second-order valence-corrected chi connectivity index (χ2v) is 2.57. The maximum atomic E-state index is 12.1. The smallest absolute Gasteiger partial charge is 0.384 e. The maximum Gasteiger partial charge on any atom is 0.384 e. The van der Waals surface area contributed by atoms with Crippen molar-refractivity contribution in [1.82, 2.24) is 0 Å². The van der Waals surface area contributed by atoms with Gasteiger partial charge in [0, 0.05) is 12.0 Å². The van der Waals surface area contributed by atoms with Crippen molar-refractivity contribution in [3.05, 3.63) is 11.8 Å². The Labute approximate surface area is 66.8 Å². The van der Waals surface area contributed by atoms with Gasteiger partial charge in [-0.15, -0.1) is 0 Å². The predicted molar refractivity (Wildman–Crippen MR) is 34.5 cm³/mol. The molecule has 0 bridgehead atoms. The molecule has 0 aromatic heterocycles. The van der Waals surface area contributed by atoms with Crippen LogP contribution in [0.25, 0.3) is 0 Å². The van der Waals surface area contributed by atoms with Crippen molar-refractivity contribution < 1.29 is 18.3 Å². The van der Waals surface area contributed by atoms with Gasteiger partial charge in [0.2, 0.25) is 5.78 Å². The summed E-state index contributed by atoms with van der Waals surface area (Å²) in [5, 5.41) is -3.79. The van der Waals surface area contributed by atoms with E-state index in [1.807, 2.05) is 0 Å². The molecule has 0 atom stereocenters. The third-order valence-corrected chi connectivity index (χ3v) is 1.44. The summed E-state index contributed by atoms with van der Waals surface area (Å²) in [6, 6.07) is 0. The molecule has 0 aliphatic carbocycles. The average molecular weight is 183 g/mol. The first kappa shape index (κ1) is 8.46. The van der Waals surface area contributed by atoms with Crippen LogP contribution in [0.1, 0.15) is 6.42 Å². The zero-order chi connectivity index (χ0) is 8.48. The van der Waals surface area contributed by atoms with Gasteiger partial charge in [0.1, 0.15) is 0 Å². The number of rotatable bonds is 2. The summed E-state index contributed by atoms with van der Waals surface area (Å²) < 4.78 is 28.8. The van der Waals surface area contributed by atoms with Crippen LogP contribution in [0.15, 0.2) is 11.8 Å². The van der Waals surface area contributed by atoms with E-state index >= 15 is 0 Å². The van der Waals surface area contributed by atoms with E-state index in [9.17, 15) is 13.6 Å². The van der Waals surface area contributed by atoms with E-state index < -0.39 is 11.2 Å². The van der Waals surface area contributed by atoms with Crippen molar-refractivity contribution >= 4 is 17.4 Å². The molecule has 0 unspecified atom stereocenters. The molecule has 11 heavy (non-hydrogen) atoms. The molecule has 0 spiro atoms. The molecular weight excluding hydrogens is 178 g/mol. The molecule has 1 aliphatic heterocycles. The fourth-order valence-electron chi connectivity index (χ4n) is 0.736. The van der Waals surface area contributed by atoms with Crippen LogP contribution < -0.4 is 0 Å². The highest BCUT2D eigenvalue weighted by atomic mass is 35.5. The van der Waals surface area contributed by atoms with Gasteiger partial charge < -0.3 is 4.74 Å². The van der Waals surface area contributed by atoms with Gasteiger partial charge in [-0.25, -0.2) is 0 Å².